The maximum atomic E-state index is 12.4. The molecule has 1 saturated heterocycles. The zero-order valence-electron chi connectivity index (χ0n) is 14.4. The third kappa shape index (κ3) is 4.48. The number of likely N-dealkylation sites (N-methyl/N-ethyl adjacent to an activating group) is 1. The van der Waals surface area contributed by atoms with E-state index in [2.05, 4.69) is 24.1 Å². The fourth-order valence-electron chi connectivity index (χ4n) is 3.08. The van der Waals surface area contributed by atoms with Crippen LogP contribution in [0.3, 0.4) is 0 Å². The average molecular weight is 323 g/mol. The van der Waals surface area contributed by atoms with Gasteiger partial charge in [0.15, 0.2) is 0 Å². The molecule has 3 unspecified atom stereocenters. The Morgan fingerprint density at radius 3 is 2.83 bits per heavy atom. The van der Waals surface area contributed by atoms with Crippen LogP contribution in [-0.2, 0) is 0 Å². The number of nitrogens with zero attached hydrogens (tertiary/aromatic N) is 2. The summed E-state index contributed by atoms with van der Waals surface area (Å²) in [6, 6.07) is 3.73. The zero-order chi connectivity index (χ0) is 16.8. The Kier molecular flexibility index (Phi) is 6.47. The molecule has 130 valence electrons. The minimum absolute atomic E-state index is 0.0255. The quantitative estimate of drug-likeness (QED) is 0.841. The van der Waals surface area contributed by atoms with Crippen LogP contribution in [0.1, 0.15) is 39.0 Å². The van der Waals surface area contributed by atoms with Crippen LogP contribution >= 0.6 is 0 Å². The van der Waals surface area contributed by atoms with Crippen LogP contribution in [0.4, 0.5) is 4.79 Å². The molecule has 0 aliphatic carbocycles. The van der Waals surface area contributed by atoms with Gasteiger partial charge in [0, 0.05) is 19.6 Å². The van der Waals surface area contributed by atoms with Crippen molar-refractivity contribution in [2.24, 2.45) is 5.92 Å². The topological polar surface area (TPSA) is 69.0 Å². The Morgan fingerprint density at radius 1 is 1.52 bits per heavy atom. The van der Waals surface area contributed by atoms with Gasteiger partial charge in [0.1, 0.15) is 5.76 Å². The fourth-order valence-corrected chi connectivity index (χ4v) is 3.08. The Labute approximate surface area is 138 Å². The molecule has 0 bridgehead atoms. The molecule has 1 aromatic rings. The van der Waals surface area contributed by atoms with E-state index in [1.165, 1.54) is 0 Å². The zero-order valence-corrected chi connectivity index (χ0v) is 14.4. The highest BCUT2D eigenvalue weighted by Gasteiger charge is 2.28. The number of likely N-dealkylation sites (tertiary alicyclic amines) is 1. The number of β-amino-alcohol motifs (C(OH)–C–C–N with tert-alkyl or cyclic N) is 1. The summed E-state index contributed by atoms with van der Waals surface area (Å²) in [5.41, 5.74) is 0. The molecular weight excluding hydrogens is 294 g/mol. The van der Waals surface area contributed by atoms with Crippen molar-refractivity contribution >= 4 is 6.03 Å². The number of carbonyl (C=O) groups is 1. The molecule has 6 nitrogen and oxygen atoms in total. The smallest absolute Gasteiger partial charge is 0.317 e. The minimum Gasteiger partial charge on any atom is -0.468 e. The van der Waals surface area contributed by atoms with Gasteiger partial charge in [0.05, 0.1) is 18.4 Å². The standard InChI is InChI=1S/C17H29N3O3/c1-4-19(5-2)14(16-7-6-10-23-16)11-18-17(22)20-9-8-13(3)15(21)12-20/h6-7,10,13-15,21H,4-5,8-9,11-12H2,1-3H3,(H,18,22). The lowest BCUT2D eigenvalue weighted by Crippen LogP contribution is -2.51. The molecule has 2 heterocycles. The summed E-state index contributed by atoms with van der Waals surface area (Å²) in [5.74, 6) is 1.12. The largest absolute Gasteiger partial charge is 0.468 e. The number of hydrogen-bond donors (Lipinski definition) is 2. The molecule has 2 rings (SSSR count). The van der Waals surface area contributed by atoms with Crippen molar-refractivity contribution in [3.05, 3.63) is 24.2 Å². The van der Waals surface area contributed by atoms with E-state index in [0.29, 0.717) is 19.6 Å². The lowest BCUT2D eigenvalue weighted by molar-refractivity contribution is 0.0430. The van der Waals surface area contributed by atoms with E-state index in [1.54, 1.807) is 11.2 Å². The van der Waals surface area contributed by atoms with Gasteiger partial charge in [-0.1, -0.05) is 20.8 Å². The Morgan fingerprint density at radius 2 is 2.26 bits per heavy atom. The van der Waals surface area contributed by atoms with Gasteiger partial charge >= 0.3 is 6.03 Å². The number of urea groups is 1. The second-order valence-electron chi connectivity index (χ2n) is 6.22. The van der Waals surface area contributed by atoms with Crippen LogP contribution in [0.25, 0.3) is 0 Å². The summed E-state index contributed by atoms with van der Waals surface area (Å²) in [6.07, 6.45) is 2.07. The molecule has 1 aromatic heterocycles. The van der Waals surface area contributed by atoms with E-state index >= 15 is 0 Å². The Hall–Kier alpha value is -1.53. The summed E-state index contributed by atoms with van der Waals surface area (Å²) in [7, 11) is 0. The molecule has 0 radical (unpaired) electrons. The molecule has 0 saturated carbocycles. The Balaban J connectivity index is 1.94. The number of aliphatic hydroxyl groups excluding tert-OH is 1. The van der Waals surface area contributed by atoms with E-state index in [4.69, 9.17) is 4.42 Å². The van der Waals surface area contributed by atoms with Crippen molar-refractivity contribution in [3.63, 3.8) is 0 Å². The van der Waals surface area contributed by atoms with E-state index in [1.807, 2.05) is 19.1 Å². The van der Waals surface area contributed by atoms with Crippen LogP contribution in [-0.4, -0.2) is 59.8 Å². The highest BCUT2D eigenvalue weighted by atomic mass is 16.3. The minimum atomic E-state index is -0.432. The number of aliphatic hydroxyl groups is 1. The lowest BCUT2D eigenvalue weighted by atomic mass is 9.96. The number of furan rings is 1. The maximum absolute atomic E-state index is 12.4. The molecule has 3 atom stereocenters. The van der Waals surface area contributed by atoms with Crippen LogP contribution < -0.4 is 5.32 Å². The second kappa shape index (κ2) is 8.36. The van der Waals surface area contributed by atoms with Crippen LogP contribution in [0, 0.1) is 5.92 Å². The Bertz CT molecular complexity index is 473. The number of amides is 2. The van der Waals surface area contributed by atoms with E-state index in [-0.39, 0.29) is 18.0 Å². The molecule has 23 heavy (non-hydrogen) atoms. The first-order chi connectivity index (χ1) is 11.1. The average Bonchev–Trinajstić information content (AvgIpc) is 3.07. The SMILES string of the molecule is CCN(CC)C(CNC(=O)N1CCC(C)C(O)C1)c1ccco1. The maximum Gasteiger partial charge on any atom is 0.317 e. The normalized spacial score (nSPS) is 23.1. The highest BCUT2D eigenvalue weighted by molar-refractivity contribution is 5.74. The predicted molar refractivity (Wildman–Crippen MR) is 89.1 cm³/mol. The van der Waals surface area contributed by atoms with Gasteiger partial charge in [0.2, 0.25) is 0 Å². The van der Waals surface area contributed by atoms with Crippen LogP contribution in [0.15, 0.2) is 22.8 Å². The van der Waals surface area contributed by atoms with Crippen LogP contribution in [0.2, 0.25) is 0 Å². The molecule has 1 aliphatic rings. The lowest BCUT2D eigenvalue weighted by Gasteiger charge is -2.35. The molecule has 6 heteroatoms. The van der Waals surface area contributed by atoms with E-state index in [9.17, 15) is 9.90 Å². The molecule has 2 amide bonds. The third-order valence-electron chi connectivity index (χ3n) is 4.78. The monoisotopic (exact) mass is 323 g/mol. The molecule has 0 spiro atoms. The van der Waals surface area contributed by atoms with Gasteiger partial charge in [-0.15, -0.1) is 0 Å². The fraction of sp³-hybridized carbons (Fsp3) is 0.706. The second-order valence-corrected chi connectivity index (χ2v) is 6.22. The van der Waals surface area contributed by atoms with E-state index in [0.717, 1.165) is 25.3 Å². The van der Waals surface area contributed by atoms with Crippen molar-refractivity contribution in [1.82, 2.24) is 15.1 Å². The third-order valence-corrected chi connectivity index (χ3v) is 4.78. The van der Waals surface area contributed by atoms with Gasteiger partial charge in [-0.05, 0) is 37.6 Å². The number of carbonyl (C=O) groups excluding carboxylic acids is 1. The van der Waals surface area contributed by atoms with Crippen LogP contribution in [0.5, 0.6) is 0 Å². The van der Waals surface area contributed by atoms with Crippen molar-refractivity contribution in [2.45, 2.75) is 39.3 Å². The summed E-state index contributed by atoms with van der Waals surface area (Å²) >= 11 is 0. The van der Waals surface area contributed by atoms with Crippen molar-refractivity contribution in [2.75, 3.05) is 32.7 Å². The molecular formula is C17H29N3O3. The molecule has 1 fully saturated rings. The first-order valence-electron chi connectivity index (χ1n) is 8.55. The predicted octanol–water partition coefficient (Wildman–Crippen LogP) is 2.07. The van der Waals surface area contributed by atoms with Gasteiger partial charge in [-0.2, -0.15) is 0 Å². The van der Waals surface area contributed by atoms with Gasteiger partial charge in [0.25, 0.3) is 0 Å². The first-order valence-corrected chi connectivity index (χ1v) is 8.55. The number of piperidine rings is 1. The number of hydrogen-bond acceptors (Lipinski definition) is 4. The van der Waals surface area contributed by atoms with Crippen molar-refractivity contribution in [3.8, 4) is 0 Å². The van der Waals surface area contributed by atoms with Gasteiger partial charge in [-0.3, -0.25) is 4.90 Å². The van der Waals surface area contributed by atoms with Gasteiger partial charge < -0.3 is 19.7 Å². The van der Waals surface area contributed by atoms with E-state index < -0.39 is 6.10 Å². The summed E-state index contributed by atoms with van der Waals surface area (Å²) < 4.78 is 5.54. The first kappa shape index (κ1) is 17.8. The molecule has 1 aliphatic heterocycles. The molecule has 2 N–H and O–H groups in total. The molecule has 0 aromatic carbocycles. The number of nitrogens with one attached hydrogen (secondary N) is 1. The number of rotatable bonds is 6. The summed E-state index contributed by atoms with van der Waals surface area (Å²) in [6.45, 7) is 9.59. The highest BCUT2D eigenvalue weighted by Crippen LogP contribution is 2.21. The van der Waals surface area contributed by atoms with Crippen molar-refractivity contribution in [1.29, 1.82) is 0 Å². The summed E-state index contributed by atoms with van der Waals surface area (Å²) in [5, 5.41) is 12.9. The summed E-state index contributed by atoms with van der Waals surface area (Å²) in [4.78, 5) is 16.3. The van der Waals surface area contributed by atoms with Crippen molar-refractivity contribution < 1.29 is 14.3 Å². The van der Waals surface area contributed by atoms with Gasteiger partial charge in [-0.25, -0.2) is 4.79 Å².